The van der Waals surface area contributed by atoms with E-state index in [-0.39, 0.29) is 31.0 Å². The lowest BCUT2D eigenvalue weighted by molar-refractivity contribution is -0.157. The zero-order valence-electron chi connectivity index (χ0n) is 53.3. The highest BCUT2D eigenvalue weighted by molar-refractivity contribution is 5.99. The van der Waals surface area contributed by atoms with Gasteiger partial charge in [-0.2, -0.15) is 0 Å². The number of benzene rings is 1. The van der Waals surface area contributed by atoms with Gasteiger partial charge >= 0.3 is 5.97 Å². The van der Waals surface area contributed by atoms with Gasteiger partial charge in [0.1, 0.15) is 60.5 Å². The molecule has 490 valence electrons. The summed E-state index contributed by atoms with van der Waals surface area (Å²) in [6.45, 7) is 18.3. The zero-order valence-corrected chi connectivity index (χ0v) is 53.3. The Bertz CT molecular complexity index is 2470. The van der Waals surface area contributed by atoms with Crippen LogP contribution in [0.1, 0.15) is 153 Å². The van der Waals surface area contributed by atoms with E-state index in [4.69, 9.17) is 15.9 Å². The number of esters is 1. The molecule has 15 N–H and O–H groups in total. The fourth-order valence-corrected chi connectivity index (χ4v) is 9.62. The predicted molar refractivity (Wildman–Crippen MR) is 327 cm³/mol. The van der Waals surface area contributed by atoms with Crippen LogP contribution in [-0.4, -0.2) is 168 Å². The van der Waals surface area contributed by atoms with E-state index < -0.39 is 181 Å². The minimum absolute atomic E-state index is 0.0513. The molecule has 1 unspecified atom stereocenters. The van der Waals surface area contributed by atoms with E-state index in [1.54, 1.807) is 62.4 Å². The van der Waals surface area contributed by atoms with Crippen molar-refractivity contribution in [3.63, 3.8) is 0 Å². The molecule has 17 atom stereocenters. The van der Waals surface area contributed by atoms with Gasteiger partial charge in [-0.15, -0.1) is 0 Å². The van der Waals surface area contributed by atoms with Gasteiger partial charge < -0.3 is 73.9 Å². The summed E-state index contributed by atoms with van der Waals surface area (Å²) < 4.78 is 5.77. The highest BCUT2D eigenvalue weighted by Gasteiger charge is 2.41. The number of aliphatic hydroxyl groups excluding tert-OH is 2. The largest absolute Gasteiger partial charge is 0.458 e. The van der Waals surface area contributed by atoms with E-state index in [1.165, 1.54) is 13.8 Å². The topological polar surface area (TPSA) is 408 Å². The summed E-state index contributed by atoms with van der Waals surface area (Å²) >= 11 is 0. The standard InChI is InChI=1S/C61H102N12O14/c1-14-32(6)46(70-54(79)41(64-13)29-39-24-20-19-21-25-39)57(82)66-42(30-74)55(80)65-40(26-22-23-27-45(62)63)53(78)69-49(35(9)17-4)59(84)71-47(33(7)15-2)58(83)67-43(31-75)56(81)73-51-38(12)87-61(86)50(36(10)18-5)72-60(85)48(34(8)16-3)68-52(77)37(11)28-44(51)76/h19-21,24-25,32-38,40-43,46-51,64,74-75H,14-18,22-23,26-31H2,1-13H3,(H3,62,63)(H,65,80)(H,66,82)(H,67,83)(H,68,77)(H,69,78)(H,70,79)(H,71,84)(H,72,85)(H,73,81)/t32-,33-,34?,35+,36-,37+,38-,40+,41+,42-,43-,46-,47-,48-,49+,50-,51+/m0/s1. The van der Waals surface area contributed by atoms with Crippen molar-refractivity contribution < 1.29 is 67.7 Å². The fourth-order valence-electron chi connectivity index (χ4n) is 9.62. The van der Waals surface area contributed by atoms with Gasteiger partial charge in [0.2, 0.25) is 53.2 Å². The van der Waals surface area contributed by atoms with Crippen molar-refractivity contribution in [1.29, 1.82) is 5.41 Å². The summed E-state index contributed by atoms with van der Waals surface area (Å²) in [5, 5.41) is 55.5. The molecular weight excluding hydrogens is 1120 g/mol. The lowest BCUT2D eigenvalue weighted by Gasteiger charge is -2.31. The first-order chi connectivity index (χ1) is 41.1. The van der Waals surface area contributed by atoms with Crippen molar-refractivity contribution in [2.24, 2.45) is 41.2 Å². The molecule has 1 heterocycles. The molecule has 1 aliphatic rings. The summed E-state index contributed by atoms with van der Waals surface area (Å²) in [7, 11) is 1.62. The van der Waals surface area contributed by atoms with Gasteiger partial charge in [-0.1, -0.05) is 145 Å². The van der Waals surface area contributed by atoms with E-state index in [2.05, 4.69) is 53.2 Å². The lowest BCUT2D eigenvalue weighted by atomic mass is 9.93. The molecule has 2 rings (SSSR count). The number of aliphatic hydroxyl groups is 2. The third kappa shape index (κ3) is 23.9. The molecule has 0 aromatic heterocycles. The molecule has 0 spiro atoms. The van der Waals surface area contributed by atoms with E-state index in [0.29, 0.717) is 44.9 Å². The second-order valence-corrected chi connectivity index (χ2v) is 23.4. The van der Waals surface area contributed by atoms with Gasteiger partial charge in [0.15, 0.2) is 5.78 Å². The van der Waals surface area contributed by atoms with Crippen LogP contribution < -0.4 is 58.9 Å². The average Bonchev–Trinajstić information content (AvgIpc) is 3.05. The fraction of sp³-hybridized carbons (Fsp3) is 0.705. The number of unbranched alkanes of at least 4 members (excludes halogenated alkanes) is 1. The number of hydrogen-bond donors (Lipinski definition) is 14. The Morgan fingerprint density at radius 2 is 1.03 bits per heavy atom. The van der Waals surface area contributed by atoms with Crippen molar-refractivity contribution >= 4 is 70.8 Å². The maximum Gasteiger partial charge on any atom is 0.329 e. The third-order valence-electron chi connectivity index (χ3n) is 16.7. The predicted octanol–water partition coefficient (Wildman–Crippen LogP) is 0.432. The van der Waals surface area contributed by atoms with Gasteiger partial charge in [-0.3, -0.25) is 53.4 Å². The molecule has 0 radical (unpaired) electrons. The van der Waals surface area contributed by atoms with Crippen molar-refractivity contribution in [2.75, 3.05) is 20.3 Å². The molecule has 0 bridgehead atoms. The van der Waals surface area contributed by atoms with Crippen molar-refractivity contribution in [1.82, 2.24) is 53.2 Å². The Morgan fingerprint density at radius 3 is 1.51 bits per heavy atom. The Hall–Kier alpha value is -7.06. The van der Waals surface area contributed by atoms with Crippen LogP contribution >= 0.6 is 0 Å². The molecule has 0 aliphatic carbocycles. The number of ketones is 1. The Kier molecular flexibility index (Phi) is 33.4. The van der Waals surface area contributed by atoms with Crippen molar-refractivity contribution in [2.45, 2.75) is 220 Å². The summed E-state index contributed by atoms with van der Waals surface area (Å²) in [5.41, 5.74) is 6.47. The number of Topliss-reactive ketones (excluding diaryl/α,β-unsaturated/α-hetero) is 1. The minimum atomic E-state index is -1.76. The average molecular weight is 1230 g/mol. The number of rotatable bonds is 34. The van der Waals surface area contributed by atoms with Gasteiger partial charge in [0.25, 0.3) is 0 Å². The van der Waals surface area contributed by atoms with E-state index in [9.17, 15) is 63.0 Å². The second-order valence-electron chi connectivity index (χ2n) is 23.4. The van der Waals surface area contributed by atoms with Crippen LogP contribution in [0.5, 0.6) is 0 Å². The summed E-state index contributed by atoms with van der Waals surface area (Å²) in [4.78, 5) is 154. The number of carbonyl (C=O) groups excluding carboxylic acids is 11. The molecule has 87 heavy (non-hydrogen) atoms. The third-order valence-corrected chi connectivity index (χ3v) is 16.7. The number of likely N-dealkylation sites (N-methyl/N-ethyl adjacent to an activating group) is 1. The van der Waals surface area contributed by atoms with Gasteiger partial charge in [-0.05, 0) is 68.4 Å². The number of amidine groups is 1. The van der Waals surface area contributed by atoms with E-state index >= 15 is 0 Å². The molecule has 0 saturated carbocycles. The summed E-state index contributed by atoms with van der Waals surface area (Å²) in [6.07, 6.45) is 1.12. The van der Waals surface area contributed by atoms with Gasteiger partial charge in [0.05, 0.1) is 25.1 Å². The number of carbonyl (C=O) groups is 11. The second kappa shape index (κ2) is 38.3. The molecular formula is C61H102N12O14. The maximum absolute atomic E-state index is 14.5. The van der Waals surface area contributed by atoms with Crippen LogP contribution in [-0.2, 0) is 63.9 Å². The van der Waals surface area contributed by atoms with Crippen LogP contribution in [0, 0.1) is 40.9 Å². The van der Waals surface area contributed by atoms with Crippen molar-refractivity contribution in [3.8, 4) is 0 Å². The number of nitrogens with one attached hydrogen (secondary N) is 11. The van der Waals surface area contributed by atoms with Crippen LogP contribution in [0.4, 0.5) is 0 Å². The number of amides is 9. The van der Waals surface area contributed by atoms with Gasteiger partial charge in [0, 0.05) is 18.8 Å². The van der Waals surface area contributed by atoms with Gasteiger partial charge in [-0.25, -0.2) is 4.79 Å². The monoisotopic (exact) mass is 1230 g/mol. The number of hydrogen-bond acceptors (Lipinski definition) is 16. The normalized spacial score (nSPS) is 21.7. The quantitative estimate of drug-likeness (QED) is 0.0193. The number of cyclic esters (lactones) is 1. The molecule has 1 aromatic rings. The Labute approximate surface area is 513 Å². The van der Waals surface area contributed by atoms with Crippen LogP contribution in [0.15, 0.2) is 30.3 Å². The summed E-state index contributed by atoms with van der Waals surface area (Å²) in [6, 6.07) is -3.99. The molecule has 1 saturated heterocycles. The molecule has 1 aliphatic heterocycles. The first kappa shape index (κ1) is 76.0. The Morgan fingerprint density at radius 1 is 0.598 bits per heavy atom. The molecule has 26 nitrogen and oxygen atoms in total. The van der Waals surface area contributed by atoms with E-state index in [0.717, 1.165) is 5.56 Å². The molecule has 9 amide bonds. The highest BCUT2D eigenvalue weighted by atomic mass is 16.5. The minimum Gasteiger partial charge on any atom is -0.458 e. The molecule has 1 aromatic carbocycles. The highest BCUT2D eigenvalue weighted by Crippen LogP contribution is 2.20. The SMILES string of the molecule is CCC(C)[C@@H]1NC(=O)[C@H](C)CC(=O)[C@H](NC(=O)[C@H](CO)NC(=O)[C@@H](NC(=O)[C@H](NC(=O)[C@@H](CCCCC(=N)N)NC(=O)[C@H](CO)NC(=O)[C@@H](NC(=O)[C@@H](Cc2ccccc2)NC)[C@@H](C)CC)[C@H](C)CC)[C@@H](C)CC)[C@H](C)OC(=O)[C@H]([C@@H](C)CC)NC1=O. The molecule has 26 heteroatoms. The number of ether oxygens (including phenoxy) is 1. The smallest absolute Gasteiger partial charge is 0.329 e. The van der Waals surface area contributed by atoms with Crippen LogP contribution in [0.3, 0.4) is 0 Å². The Balaban J connectivity index is 2.44. The van der Waals surface area contributed by atoms with Crippen LogP contribution in [0.25, 0.3) is 0 Å². The lowest BCUT2D eigenvalue weighted by Crippen LogP contribution is -2.63. The zero-order chi connectivity index (χ0) is 65.8. The summed E-state index contributed by atoms with van der Waals surface area (Å²) in [5.74, 6) is -12.4. The maximum atomic E-state index is 14.5. The van der Waals surface area contributed by atoms with Crippen molar-refractivity contribution in [3.05, 3.63) is 35.9 Å². The van der Waals surface area contributed by atoms with E-state index in [1.807, 2.05) is 44.2 Å². The van der Waals surface area contributed by atoms with Crippen LogP contribution in [0.2, 0.25) is 0 Å². The molecule has 1 fully saturated rings. The first-order valence-corrected chi connectivity index (χ1v) is 30.8. The first-order valence-electron chi connectivity index (χ1n) is 30.8. The number of nitrogens with two attached hydrogens (primary N) is 1.